The van der Waals surface area contributed by atoms with E-state index in [-0.39, 0.29) is 11.5 Å². The van der Waals surface area contributed by atoms with Crippen molar-refractivity contribution in [3.05, 3.63) is 35.4 Å². The minimum absolute atomic E-state index is 0.00418. The maximum Gasteiger partial charge on any atom is 0.230 e. The lowest BCUT2D eigenvalue weighted by Crippen LogP contribution is -2.50. The fourth-order valence-corrected chi connectivity index (χ4v) is 4.46. The van der Waals surface area contributed by atoms with E-state index in [9.17, 15) is 4.79 Å². The zero-order valence-corrected chi connectivity index (χ0v) is 12.2. The van der Waals surface area contributed by atoms with Gasteiger partial charge < -0.3 is 10.2 Å². The highest BCUT2D eigenvalue weighted by Crippen LogP contribution is 2.44. The Balaban J connectivity index is 1.59. The fraction of sp³-hybridized carbons (Fsp3) is 0.588. The van der Waals surface area contributed by atoms with Gasteiger partial charge in [-0.3, -0.25) is 4.79 Å². The van der Waals surface area contributed by atoms with Gasteiger partial charge in [-0.25, -0.2) is 0 Å². The van der Waals surface area contributed by atoms with Gasteiger partial charge in [-0.15, -0.1) is 0 Å². The summed E-state index contributed by atoms with van der Waals surface area (Å²) < 4.78 is 0. The third-order valence-corrected chi connectivity index (χ3v) is 5.78. The van der Waals surface area contributed by atoms with Gasteiger partial charge in [0.2, 0.25) is 5.91 Å². The number of hydrogen-bond donors (Lipinski definition) is 1. The van der Waals surface area contributed by atoms with Crippen LogP contribution < -0.4 is 5.32 Å². The van der Waals surface area contributed by atoms with Crippen molar-refractivity contribution >= 4 is 5.91 Å². The van der Waals surface area contributed by atoms with E-state index in [0.717, 1.165) is 26.1 Å². The van der Waals surface area contributed by atoms with E-state index in [1.807, 2.05) is 6.07 Å². The molecule has 0 bridgehead atoms. The summed E-state index contributed by atoms with van der Waals surface area (Å²) in [5, 5.41) is 3.47. The molecule has 0 spiro atoms. The van der Waals surface area contributed by atoms with Crippen molar-refractivity contribution in [1.82, 2.24) is 10.2 Å². The Kier molecular flexibility index (Phi) is 2.53. The number of rotatable bonds is 1. The zero-order valence-electron chi connectivity index (χ0n) is 12.2. The lowest BCUT2D eigenvalue weighted by atomic mass is 9.76. The van der Waals surface area contributed by atoms with Gasteiger partial charge in [0.1, 0.15) is 0 Å². The maximum absolute atomic E-state index is 12.9. The van der Waals surface area contributed by atoms with Crippen LogP contribution in [-0.2, 0) is 11.2 Å². The average molecular weight is 270 g/mol. The van der Waals surface area contributed by atoms with Gasteiger partial charge in [-0.1, -0.05) is 24.3 Å². The SMILES string of the molecule is CC1(C)C2CNCC2CN1C(=O)C1Cc2ccccc21. The number of amides is 1. The molecule has 1 aromatic rings. The van der Waals surface area contributed by atoms with Crippen molar-refractivity contribution in [3.8, 4) is 0 Å². The molecule has 3 nitrogen and oxygen atoms in total. The summed E-state index contributed by atoms with van der Waals surface area (Å²) in [6.07, 6.45) is 0.926. The zero-order chi connectivity index (χ0) is 13.9. The molecule has 4 rings (SSSR count). The van der Waals surface area contributed by atoms with Crippen LogP contribution in [0.1, 0.15) is 30.9 Å². The minimum atomic E-state index is -0.00418. The van der Waals surface area contributed by atoms with E-state index in [1.165, 1.54) is 11.1 Å². The van der Waals surface area contributed by atoms with Crippen LogP contribution in [0.25, 0.3) is 0 Å². The normalized spacial score (nSPS) is 33.5. The molecule has 20 heavy (non-hydrogen) atoms. The molecule has 1 aliphatic carbocycles. The molecule has 0 saturated carbocycles. The number of nitrogens with zero attached hydrogens (tertiary/aromatic N) is 1. The Morgan fingerprint density at radius 1 is 1.30 bits per heavy atom. The van der Waals surface area contributed by atoms with Gasteiger partial charge in [0.15, 0.2) is 0 Å². The highest BCUT2D eigenvalue weighted by atomic mass is 16.2. The first-order chi connectivity index (χ1) is 9.59. The smallest absolute Gasteiger partial charge is 0.230 e. The summed E-state index contributed by atoms with van der Waals surface area (Å²) in [6.45, 7) is 7.55. The van der Waals surface area contributed by atoms with Gasteiger partial charge in [0.25, 0.3) is 0 Å². The lowest BCUT2D eigenvalue weighted by Gasteiger charge is -2.40. The van der Waals surface area contributed by atoms with E-state index < -0.39 is 0 Å². The van der Waals surface area contributed by atoms with Crippen molar-refractivity contribution < 1.29 is 4.79 Å². The molecule has 1 aromatic carbocycles. The molecule has 0 radical (unpaired) electrons. The molecule has 2 fully saturated rings. The molecule has 3 atom stereocenters. The Labute approximate surface area is 120 Å². The van der Waals surface area contributed by atoms with Crippen molar-refractivity contribution in [2.24, 2.45) is 11.8 Å². The predicted octanol–water partition coefficient (Wildman–Crippen LogP) is 1.78. The molecule has 3 unspecified atom stereocenters. The molecule has 106 valence electrons. The van der Waals surface area contributed by atoms with Crippen LogP contribution in [0.15, 0.2) is 24.3 Å². The quantitative estimate of drug-likeness (QED) is 0.843. The van der Waals surface area contributed by atoms with Crippen LogP contribution in [0.3, 0.4) is 0 Å². The second kappa shape index (κ2) is 4.08. The number of carbonyl (C=O) groups is 1. The Morgan fingerprint density at radius 2 is 2.10 bits per heavy atom. The first kappa shape index (κ1) is 12.4. The van der Waals surface area contributed by atoms with Gasteiger partial charge in [-0.05, 0) is 43.2 Å². The van der Waals surface area contributed by atoms with E-state index in [4.69, 9.17) is 0 Å². The van der Waals surface area contributed by atoms with Crippen molar-refractivity contribution in [1.29, 1.82) is 0 Å². The lowest BCUT2D eigenvalue weighted by molar-refractivity contribution is -0.137. The summed E-state index contributed by atoms with van der Waals surface area (Å²) >= 11 is 0. The highest BCUT2D eigenvalue weighted by Gasteiger charge is 2.53. The third kappa shape index (κ3) is 1.53. The summed E-state index contributed by atoms with van der Waals surface area (Å²) in [5.74, 6) is 1.71. The number of benzene rings is 1. The molecule has 3 heteroatoms. The summed E-state index contributed by atoms with van der Waals surface area (Å²) in [4.78, 5) is 15.1. The first-order valence-electron chi connectivity index (χ1n) is 7.69. The molecule has 1 amide bonds. The molecular formula is C17H22N2O. The van der Waals surface area contributed by atoms with Crippen molar-refractivity contribution in [2.45, 2.75) is 31.7 Å². The Morgan fingerprint density at radius 3 is 2.85 bits per heavy atom. The third-order valence-electron chi connectivity index (χ3n) is 5.78. The number of nitrogens with one attached hydrogen (secondary N) is 1. The van der Waals surface area contributed by atoms with Crippen LogP contribution >= 0.6 is 0 Å². The molecule has 1 N–H and O–H groups in total. The van der Waals surface area contributed by atoms with Crippen molar-refractivity contribution in [2.75, 3.05) is 19.6 Å². The number of likely N-dealkylation sites (tertiary alicyclic amines) is 1. The molecule has 3 aliphatic rings. The Bertz CT molecular complexity index is 566. The van der Waals surface area contributed by atoms with Crippen molar-refractivity contribution in [3.63, 3.8) is 0 Å². The van der Waals surface area contributed by atoms with E-state index in [0.29, 0.717) is 17.7 Å². The predicted molar refractivity (Wildman–Crippen MR) is 78.5 cm³/mol. The summed E-state index contributed by atoms with van der Waals surface area (Å²) in [6, 6.07) is 8.38. The van der Waals surface area contributed by atoms with E-state index in [2.05, 4.69) is 42.3 Å². The average Bonchev–Trinajstić information content (AvgIpc) is 2.93. The van der Waals surface area contributed by atoms with Crippen LogP contribution in [0.5, 0.6) is 0 Å². The van der Waals surface area contributed by atoms with Gasteiger partial charge in [-0.2, -0.15) is 0 Å². The van der Waals surface area contributed by atoms with Crippen LogP contribution in [0.2, 0.25) is 0 Å². The highest BCUT2D eigenvalue weighted by molar-refractivity contribution is 5.87. The Hall–Kier alpha value is -1.35. The van der Waals surface area contributed by atoms with Crippen LogP contribution in [-0.4, -0.2) is 36.0 Å². The molecule has 2 heterocycles. The number of carbonyl (C=O) groups excluding carboxylic acids is 1. The molecule has 2 aliphatic heterocycles. The van der Waals surface area contributed by atoms with Crippen LogP contribution in [0.4, 0.5) is 0 Å². The van der Waals surface area contributed by atoms with Gasteiger partial charge in [0.05, 0.1) is 5.92 Å². The largest absolute Gasteiger partial charge is 0.336 e. The number of fused-ring (bicyclic) bond motifs is 2. The number of hydrogen-bond acceptors (Lipinski definition) is 2. The second-order valence-corrected chi connectivity index (χ2v) is 7.08. The summed E-state index contributed by atoms with van der Waals surface area (Å²) in [5.41, 5.74) is 2.60. The summed E-state index contributed by atoms with van der Waals surface area (Å²) in [7, 11) is 0. The maximum atomic E-state index is 12.9. The molecule has 2 saturated heterocycles. The topological polar surface area (TPSA) is 32.3 Å². The van der Waals surface area contributed by atoms with Gasteiger partial charge >= 0.3 is 0 Å². The van der Waals surface area contributed by atoms with Crippen LogP contribution in [0, 0.1) is 11.8 Å². The van der Waals surface area contributed by atoms with E-state index >= 15 is 0 Å². The van der Waals surface area contributed by atoms with Gasteiger partial charge in [0, 0.05) is 25.2 Å². The second-order valence-electron chi connectivity index (χ2n) is 7.08. The molecule has 0 aromatic heterocycles. The van der Waals surface area contributed by atoms with E-state index in [1.54, 1.807) is 0 Å². The molecular weight excluding hydrogens is 248 g/mol. The fourth-order valence-electron chi connectivity index (χ4n) is 4.46. The first-order valence-corrected chi connectivity index (χ1v) is 7.69. The monoisotopic (exact) mass is 270 g/mol. The minimum Gasteiger partial charge on any atom is -0.336 e. The standard InChI is InChI=1S/C17H22N2O/c1-17(2)15-9-18-8-12(15)10-19(17)16(20)14-7-11-5-3-4-6-13(11)14/h3-6,12,14-15,18H,7-10H2,1-2H3.